The van der Waals surface area contributed by atoms with Crippen molar-refractivity contribution in [2.24, 2.45) is 0 Å². The maximum absolute atomic E-state index is 5.91. The highest BCUT2D eigenvalue weighted by atomic mass is 35.5. The molecule has 1 aliphatic carbocycles. The SMILES string of the molecule is Clc1ccc(CCNc2ccc3c(n2)CCC3)s1. The molecule has 2 aromatic rings. The van der Waals surface area contributed by atoms with Gasteiger partial charge in [0.15, 0.2) is 0 Å². The summed E-state index contributed by atoms with van der Waals surface area (Å²) in [6.45, 7) is 0.905. The van der Waals surface area contributed by atoms with Crippen molar-refractivity contribution in [1.82, 2.24) is 4.98 Å². The number of pyridine rings is 1. The van der Waals surface area contributed by atoms with Crippen LogP contribution in [0.25, 0.3) is 0 Å². The van der Waals surface area contributed by atoms with E-state index in [1.807, 2.05) is 6.07 Å². The number of aromatic nitrogens is 1. The number of halogens is 1. The summed E-state index contributed by atoms with van der Waals surface area (Å²) < 4.78 is 0.862. The van der Waals surface area contributed by atoms with E-state index in [0.29, 0.717) is 0 Å². The lowest BCUT2D eigenvalue weighted by molar-refractivity contribution is 0.898. The first kappa shape index (κ1) is 12.0. The van der Waals surface area contributed by atoms with E-state index in [-0.39, 0.29) is 0 Å². The fraction of sp³-hybridized carbons (Fsp3) is 0.357. The van der Waals surface area contributed by atoms with E-state index in [1.165, 1.54) is 29.0 Å². The zero-order valence-corrected chi connectivity index (χ0v) is 11.7. The lowest BCUT2D eigenvalue weighted by Crippen LogP contribution is -2.06. The topological polar surface area (TPSA) is 24.9 Å². The van der Waals surface area contributed by atoms with Crippen LogP contribution in [-0.2, 0) is 19.3 Å². The normalized spacial score (nSPS) is 13.6. The van der Waals surface area contributed by atoms with E-state index in [0.717, 1.165) is 29.5 Å². The first-order chi connectivity index (χ1) is 8.81. The molecule has 1 N–H and O–H groups in total. The van der Waals surface area contributed by atoms with E-state index in [9.17, 15) is 0 Å². The molecule has 0 spiro atoms. The van der Waals surface area contributed by atoms with Gasteiger partial charge in [-0.15, -0.1) is 11.3 Å². The molecule has 0 saturated heterocycles. The standard InChI is InChI=1S/C14H15ClN2S/c15-13-6-5-11(18-13)8-9-16-14-7-4-10-2-1-3-12(10)17-14/h4-7H,1-3,8-9H2,(H,16,17). The van der Waals surface area contributed by atoms with Crippen molar-refractivity contribution in [2.45, 2.75) is 25.7 Å². The van der Waals surface area contributed by atoms with E-state index < -0.39 is 0 Å². The maximum atomic E-state index is 5.91. The molecular weight excluding hydrogens is 264 g/mol. The molecule has 2 nitrogen and oxygen atoms in total. The van der Waals surface area contributed by atoms with Gasteiger partial charge in [0.25, 0.3) is 0 Å². The Hall–Kier alpha value is -1.06. The third kappa shape index (κ3) is 2.68. The Morgan fingerprint density at radius 2 is 2.17 bits per heavy atom. The van der Waals surface area contributed by atoms with Crippen LogP contribution in [0.3, 0.4) is 0 Å². The van der Waals surface area contributed by atoms with Gasteiger partial charge in [-0.25, -0.2) is 4.98 Å². The zero-order valence-electron chi connectivity index (χ0n) is 10.1. The van der Waals surface area contributed by atoms with Gasteiger partial charge in [-0.2, -0.15) is 0 Å². The van der Waals surface area contributed by atoms with Gasteiger partial charge in [-0.1, -0.05) is 17.7 Å². The number of nitrogens with one attached hydrogen (secondary N) is 1. The van der Waals surface area contributed by atoms with Crippen molar-refractivity contribution < 1.29 is 0 Å². The molecule has 0 bridgehead atoms. The number of rotatable bonds is 4. The van der Waals surface area contributed by atoms with Crippen LogP contribution in [0.1, 0.15) is 22.6 Å². The number of thiophene rings is 1. The summed E-state index contributed by atoms with van der Waals surface area (Å²) in [5.74, 6) is 0.998. The highest BCUT2D eigenvalue weighted by molar-refractivity contribution is 7.16. The van der Waals surface area contributed by atoms with Crippen LogP contribution in [0.2, 0.25) is 4.34 Å². The van der Waals surface area contributed by atoms with Crippen molar-refractivity contribution in [3.8, 4) is 0 Å². The summed E-state index contributed by atoms with van der Waals surface area (Å²) in [7, 11) is 0. The van der Waals surface area contributed by atoms with Crippen LogP contribution >= 0.6 is 22.9 Å². The number of nitrogens with zero attached hydrogens (tertiary/aromatic N) is 1. The Kier molecular flexibility index (Phi) is 3.52. The summed E-state index contributed by atoms with van der Waals surface area (Å²) in [6.07, 6.45) is 4.57. The quantitative estimate of drug-likeness (QED) is 0.916. The lowest BCUT2D eigenvalue weighted by atomic mass is 10.2. The molecule has 4 heteroatoms. The minimum atomic E-state index is 0.862. The van der Waals surface area contributed by atoms with E-state index in [4.69, 9.17) is 11.6 Å². The molecule has 2 aromatic heterocycles. The fourth-order valence-corrected chi connectivity index (χ4v) is 3.41. The Morgan fingerprint density at radius 3 is 3.00 bits per heavy atom. The molecule has 0 unspecified atom stereocenters. The molecule has 1 aliphatic rings. The molecule has 0 saturated carbocycles. The summed E-state index contributed by atoms with van der Waals surface area (Å²) in [4.78, 5) is 5.97. The first-order valence-corrected chi connectivity index (χ1v) is 7.47. The molecule has 0 radical (unpaired) electrons. The fourth-order valence-electron chi connectivity index (χ4n) is 2.32. The summed E-state index contributed by atoms with van der Waals surface area (Å²) >= 11 is 7.55. The summed E-state index contributed by atoms with van der Waals surface area (Å²) in [5, 5.41) is 3.38. The molecular formula is C14H15ClN2S. The Morgan fingerprint density at radius 1 is 1.22 bits per heavy atom. The van der Waals surface area contributed by atoms with Gasteiger partial charge in [-0.3, -0.25) is 0 Å². The van der Waals surface area contributed by atoms with E-state index in [2.05, 4.69) is 28.5 Å². The molecule has 0 fully saturated rings. The number of hydrogen-bond donors (Lipinski definition) is 1. The minimum Gasteiger partial charge on any atom is -0.370 e. The molecule has 0 aromatic carbocycles. The second kappa shape index (κ2) is 5.29. The molecule has 0 aliphatic heterocycles. The first-order valence-electron chi connectivity index (χ1n) is 6.28. The van der Waals surface area contributed by atoms with Gasteiger partial charge >= 0.3 is 0 Å². The average Bonchev–Trinajstić information content (AvgIpc) is 2.97. The number of hydrogen-bond acceptors (Lipinski definition) is 3. The van der Waals surface area contributed by atoms with Crippen molar-refractivity contribution in [2.75, 3.05) is 11.9 Å². The number of fused-ring (bicyclic) bond motifs is 1. The van der Waals surface area contributed by atoms with Gasteiger partial charge in [-0.05, 0) is 49.4 Å². The van der Waals surface area contributed by atoms with Crippen LogP contribution < -0.4 is 5.32 Å². The smallest absolute Gasteiger partial charge is 0.126 e. The molecule has 0 amide bonds. The average molecular weight is 279 g/mol. The number of aryl methyl sites for hydroxylation is 2. The van der Waals surface area contributed by atoms with Gasteiger partial charge < -0.3 is 5.32 Å². The van der Waals surface area contributed by atoms with Crippen LogP contribution in [0.15, 0.2) is 24.3 Å². The largest absolute Gasteiger partial charge is 0.370 e. The maximum Gasteiger partial charge on any atom is 0.126 e. The predicted octanol–water partition coefficient (Wildman–Crippen LogP) is 3.94. The van der Waals surface area contributed by atoms with Crippen LogP contribution in [0.5, 0.6) is 0 Å². The van der Waals surface area contributed by atoms with Crippen molar-refractivity contribution >= 4 is 28.8 Å². The summed E-state index contributed by atoms with van der Waals surface area (Å²) in [5.41, 5.74) is 2.70. The minimum absolute atomic E-state index is 0.862. The highest BCUT2D eigenvalue weighted by Gasteiger charge is 2.12. The van der Waals surface area contributed by atoms with Gasteiger partial charge in [0.05, 0.1) is 4.34 Å². The van der Waals surface area contributed by atoms with Gasteiger partial charge in [0.1, 0.15) is 5.82 Å². The summed E-state index contributed by atoms with van der Waals surface area (Å²) in [6, 6.07) is 8.34. The van der Waals surface area contributed by atoms with Crippen LogP contribution in [0, 0.1) is 0 Å². The van der Waals surface area contributed by atoms with Crippen molar-refractivity contribution in [3.05, 3.63) is 44.7 Å². The zero-order chi connectivity index (χ0) is 12.4. The van der Waals surface area contributed by atoms with Gasteiger partial charge in [0.2, 0.25) is 0 Å². The third-order valence-corrected chi connectivity index (χ3v) is 4.53. The Balaban J connectivity index is 1.57. The second-order valence-electron chi connectivity index (χ2n) is 4.54. The third-order valence-electron chi connectivity index (χ3n) is 3.23. The van der Waals surface area contributed by atoms with E-state index in [1.54, 1.807) is 11.3 Å². The van der Waals surface area contributed by atoms with E-state index >= 15 is 0 Å². The predicted molar refractivity (Wildman–Crippen MR) is 77.8 cm³/mol. The molecule has 18 heavy (non-hydrogen) atoms. The van der Waals surface area contributed by atoms with Gasteiger partial charge in [0, 0.05) is 17.1 Å². The Labute approximate surface area is 116 Å². The van der Waals surface area contributed by atoms with Crippen LogP contribution in [-0.4, -0.2) is 11.5 Å². The van der Waals surface area contributed by atoms with Crippen molar-refractivity contribution in [3.63, 3.8) is 0 Å². The lowest BCUT2D eigenvalue weighted by Gasteiger charge is -2.06. The monoisotopic (exact) mass is 278 g/mol. The number of anilines is 1. The molecule has 3 rings (SSSR count). The van der Waals surface area contributed by atoms with Crippen LogP contribution in [0.4, 0.5) is 5.82 Å². The Bertz CT molecular complexity index is 550. The van der Waals surface area contributed by atoms with Crippen molar-refractivity contribution in [1.29, 1.82) is 0 Å². The molecule has 0 atom stereocenters. The second-order valence-corrected chi connectivity index (χ2v) is 6.34. The molecule has 94 valence electrons. The molecule has 2 heterocycles. The highest BCUT2D eigenvalue weighted by Crippen LogP contribution is 2.23.